The second kappa shape index (κ2) is 8.24. The van der Waals surface area contributed by atoms with Gasteiger partial charge in [-0.05, 0) is 5.56 Å². The fourth-order valence-corrected chi connectivity index (χ4v) is 0.641. The maximum absolute atomic E-state index is 10.8. The number of esters is 1. The van der Waals surface area contributed by atoms with Gasteiger partial charge in [-0.25, -0.2) is 4.79 Å². The molecule has 1 radical (unpaired) electrons. The van der Waals surface area contributed by atoms with E-state index in [1.54, 1.807) is 24.3 Å². The molecule has 14 heavy (non-hydrogen) atoms. The molecular weight excluding hydrogens is 229 g/mol. The van der Waals surface area contributed by atoms with Gasteiger partial charge in [0.05, 0.1) is 7.11 Å². The third-order valence-corrected chi connectivity index (χ3v) is 1.64. The van der Waals surface area contributed by atoms with E-state index in [-0.39, 0.29) is 31.8 Å². The molecule has 1 heterocycles. The third kappa shape index (κ3) is 6.38. The van der Waals surface area contributed by atoms with Crippen LogP contribution in [0.15, 0.2) is 24.3 Å². The number of ether oxygens (including phenoxy) is 1. The summed E-state index contributed by atoms with van der Waals surface area (Å²) in [6, 6.07) is 9.47. The molecule has 1 aliphatic rings. The van der Waals surface area contributed by atoms with Crippen molar-refractivity contribution >= 4 is 17.7 Å². The fraction of sp³-hybridized carbons (Fsp3) is 0.200. The average molecular weight is 239 g/mol. The van der Waals surface area contributed by atoms with Gasteiger partial charge in [-0.3, -0.25) is 5.75 Å². The Bertz CT molecular complexity index is 259. The van der Waals surface area contributed by atoms with Gasteiger partial charge in [-0.1, -0.05) is 0 Å². The molecule has 2 nitrogen and oxygen atoms in total. The van der Waals surface area contributed by atoms with Crippen LogP contribution in [0.2, 0.25) is 0 Å². The molecule has 1 aromatic carbocycles. The van der Waals surface area contributed by atoms with Crippen molar-refractivity contribution in [3.8, 4) is 0 Å². The Labute approximate surface area is 107 Å². The summed E-state index contributed by atoms with van der Waals surface area (Å²) in [5.41, 5.74) is 0.557. The third-order valence-electron chi connectivity index (χ3n) is 1.31. The van der Waals surface area contributed by atoms with Gasteiger partial charge in [0.25, 0.3) is 0 Å². The van der Waals surface area contributed by atoms with Crippen molar-refractivity contribution < 1.29 is 35.4 Å². The van der Waals surface area contributed by atoms with Crippen LogP contribution in [0.1, 0.15) is 10.4 Å². The number of carbonyl (C=O) groups excluding carboxylic acids is 1. The van der Waals surface area contributed by atoms with Crippen LogP contribution >= 0.6 is 11.8 Å². The van der Waals surface area contributed by atoms with Gasteiger partial charge in [0.15, 0.2) is 0 Å². The summed E-state index contributed by atoms with van der Waals surface area (Å²) in [6.45, 7) is 0. The van der Waals surface area contributed by atoms with Crippen molar-refractivity contribution in [1.29, 1.82) is 0 Å². The molecule has 0 unspecified atom stereocenters. The summed E-state index contributed by atoms with van der Waals surface area (Å²) in [7, 11) is 1.36. The van der Waals surface area contributed by atoms with Gasteiger partial charge in [-0.2, -0.15) is 36.1 Å². The first kappa shape index (κ1) is 13.9. The van der Waals surface area contributed by atoms with Gasteiger partial charge >= 0.3 is 5.97 Å². The van der Waals surface area contributed by atoms with Crippen LogP contribution < -0.4 is 0 Å². The Balaban J connectivity index is 0.000000360. The average Bonchev–Trinajstić information content (AvgIpc) is 3.05. The number of hydrogen-bond acceptors (Lipinski definition) is 3. The predicted octanol–water partition coefficient (Wildman–Crippen LogP) is 2.17. The molecule has 1 aromatic rings. The molecule has 0 atom stereocenters. The summed E-state index contributed by atoms with van der Waals surface area (Å²) in [6.07, 6.45) is 0. The minimum absolute atomic E-state index is 0. The van der Waals surface area contributed by atoms with Crippen molar-refractivity contribution in [3.63, 3.8) is 0 Å². The molecule has 0 N–H and O–H groups in total. The number of carbonyl (C=O) groups is 1. The van der Waals surface area contributed by atoms with E-state index in [0.717, 1.165) is 0 Å². The molecule has 73 valence electrons. The molecule has 0 spiro atoms. The van der Waals surface area contributed by atoms with E-state index in [0.29, 0.717) is 5.56 Å². The predicted molar refractivity (Wildman–Crippen MR) is 53.4 cm³/mol. The van der Waals surface area contributed by atoms with E-state index in [9.17, 15) is 4.79 Å². The summed E-state index contributed by atoms with van der Waals surface area (Å²) >= 11 is 1.88. The number of hydrogen-bond donors (Lipinski definition) is 0. The Hall–Kier alpha value is -0.0899. The van der Waals surface area contributed by atoms with Crippen LogP contribution in [0.3, 0.4) is 0 Å². The summed E-state index contributed by atoms with van der Waals surface area (Å²) in [5, 5.41) is 0. The number of methoxy groups -OCH3 is 1. The minimum Gasteiger partial charge on any atom is -0.467 e. The first-order valence-electron chi connectivity index (χ1n) is 3.82. The topological polar surface area (TPSA) is 26.3 Å². The quantitative estimate of drug-likeness (QED) is 0.427. The molecular formula is C10H10O2SSc-2. The zero-order valence-corrected chi connectivity index (χ0v) is 10.5. The van der Waals surface area contributed by atoms with Crippen LogP contribution in [0.4, 0.5) is 0 Å². The molecule has 4 heteroatoms. The van der Waals surface area contributed by atoms with E-state index >= 15 is 0 Å². The SMILES string of the molecule is COC(=O)c1cc[c-]cc1.[CH-]1CS1.[Sc]. The zero-order chi connectivity index (χ0) is 9.52. The van der Waals surface area contributed by atoms with Gasteiger partial charge in [-0.15, -0.1) is 0 Å². The van der Waals surface area contributed by atoms with Crippen molar-refractivity contribution in [2.45, 2.75) is 0 Å². The smallest absolute Gasteiger partial charge is 0.313 e. The van der Waals surface area contributed by atoms with Crippen LogP contribution in [-0.4, -0.2) is 18.8 Å². The monoisotopic (exact) mass is 239 g/mol. The second-order valence-electron chi connectivity index (χ2n) is 2.28. The number of thioether (sulfide) groups is 1. The Morgan fingerprint density at radius 1 is 1.57 bits per heavy atom. The van der Waals surface area contributed by atoms with Crippen molar-refractivity contribution in [1.82, 2.24) is 0 Å². The summed E-state index contributed by atoms with van der Waals surface area (Å²) in [5.74, 6) is 3.15. The second-order valence-corrected chi connectivity index (χ2v) is 3.28. The number of benzene rings is 1. The van der Waals surface area contributed by atoms with E-state index in [1.807, 2.05) is 11.8 Å². The van der Waals surface area contributed by atoms with Crippen molar-refractivity contribution in [2.75, 3.05) is 12.9 Å². The summed E-state index contributed by atoms with van der Waals surface area (Å²) in [4.78, 5) is 10.8. The largest absolute Gasteiger partial charge is 0.467 e. The Morgan fingerprint density at radius 3 is 2.43 bits per heavy atom. The molecule has 1 saturated heterocycles. The first-order valence-corrected chi connectivity index (χ1v) is 4.87. The van der Waals surface area contributed by atoms with Gasteiger partial charge in [0, 0.05) is 25.8 Å². The van der Waals surface area contributed by atoms with Crippen LogP contribution in [-0.2, 0) is 30.6 Å². The minimum atomic E-state index is -0.311. The molecule has 0 amide bonds. The Kier molecular flexibility index (Phi) is 8.18. The van der Waals surface area contributed by atoms with E-state index in [1.165, 1.54) is 12.9 Å². The van der Waals surface area contributed by atoms with E-state index in [4.69, 9.17) is 0 Å². The molecule has 1 aliphatic heterocycles. The zero-order valence-electron chi connectivity index (χ0n) is 7.90. The van der Waals surface area contributed by atoms with Gasteiger partial charge < -0.3 is 16.5 Å². The molecule has 0 saturated carbocycles. The molecule has 0 aromatic heterocycles. The summed E-state index contributed by atoms with van der Waals surface area (Å²) < 4.78 is 4.48. The first-order chi connectivity index (χ1) is 6.34. The van der Waals surface area contributed by atoms with E-state index < -0.39 is 0 Å². The van der Waals surface area contributed by atoms with Crippen molar-refractivity contribution in [3.05, 3.63) is 41.6 Å². The van der Waals surface area contributed by atoms with Gasteiger partial charge in [0.2, 0.25) is 0 Å². The number of rotatable bonds is 1. The molecule has 2 rings (SSSR count). The van der Waals surface area contributed by atoms with Crippen molar-refractivity contribution in [2.24, 2.45) is 0 Å². The fourth-order valence-electron chi connectivity index (χ4n) is 0.641. The maximum Gasteiger partial charge on any atom is 0.313 e. The van der Waals surface area contributed by atoms with E-state index in [2.05, 4.69) is 16.6 Å². The standard InChI is InChI=1S/C8H7O2.C2H3S.Sc/c1-10-8(9)7-5-3-2-4-6-7;1-2-3-1;/h3-6H,1H3;1H,2H2;/q2*-1;. The van der Waals surface area contributed by atoms with Crippen LogP contribution in [0, 0.1) is 11.8 Å². The van der Waals surface area contributed by atoms with Crippen LogP contribution in [0.5, 0.6) is 0 Å². The Morgan fingerprint density at radius 2 is 2.07 bits per heavy atom. The van der Waals surface area contributed by atoms with Crippen LogP contribution in [0.25, 0.3) is 0 Å². The molecule has 0 aliphatic carbocycles. The van der Waals surface area contributed by atoms with Gasteiger partial charge in [0.1, 0.15) is 0 Å². The maximum atomic E-state index is 10.8. The normalized spacial score (nSPS) is 11.5. The molecule has 0 bridgehead atoms. The molecule has 1 fully saturated rings.